The Kier molecular flexibility index (Phi) is 7.72. The summed E-state index contributed by atoms with van der Waals surface area (Å²) in [7, 11) is 0.312. The second-order valence-electron chi connectivity index (χ2n) is 9.43. The van der Waals surface area contributed by atoms with Crippen molar-refractivity contribution in [1.82, 2.24) is 9.78 Å². The van der Waals surface area contributed by atoms with Crippen LogP contribution in [-0.4, -0.2) is 44.4 Å². The van der Waals surface area contributed by atoms with Gasteiger partial charge in [-0.25, -0.2) is 13.7 Å². The number of rotatable bonds is 7. The quantitative estimate of drug-likeness (QED) is 0.198. The number of hydrogen-bond donors (Lipinski definition) is 0. The van der Waals surface area contributed by atoms with Crippen molar-refractivity contribution in [3.05, 3.63) is 88.1 Å². The summed E-state index contributed by atoms with van der Waals surface area (Å²) < 4.78 is 30.3. The summed E-state index contributed by atoms with van der Waals surface area (Å²) in [6, 6.07) is 16.9. The number of ether oxygens (including phenoxy) is 2. The average molecular weight is 566 g/mol. The first-order chi connectivity index (χ1) is 18.8. The van der Waals surface area contributed by atoms with E-state index in [1.165, 1.54) is 30.1 Å². The first-order valence-corrected chi connectivity index (χ1v) is 14.8. The lowest BCUT2D eigenvalue weighted by Gasteiger charge is -2.17. The zero-order valence-electron chi connectivity index (χ0n) is 21.7. The molecule has 0 spiro atoms. The van der Waals surface area contributed by atoms with E-state index >= 15 is 0 Å². The highest BCUT2D eigenvalue weighted by molar-refractivity contribution is 7.93. The lowest BCUT2D eigenvalue weighted by molar-refractivity contribution is 0.0601. The number of aryl methyl sites for hydroxylation is 1. The topological polar surface area (TPSA) is 99.8 Å². The van der Waals surface area contributed by atoms with E-state index in [0.29, 0.717) is 11.5 Å². The van der Waals surface area contributed by atoms with Crippen molar-refractivity contribution in [1.29, 1.82) is 0 Å². The molecule has 8 nitrogen and oxygen atoms in total. The van der Waals surface area contributed by atoms with Crippen LogP contribution in [-0.2, 0) is 28.1 Å². The molecule has 4 aromatic rings. The molecule has 202 valence electrons. The number of ketones is 1. The van der Waals surface area contributed by atoms with Crippen molar-refractivity contribution in [2.75, 3.05) is 18.6 Å². The number of nitrogens with zero attached hydrogens (tertiary/aromatic N) is 3. The molecule has 3 aromatic carbocycles. The molecule has 0 aliphatic carbocycles. The standard InChI is InChI=1S/C29H28ClN3O5S/c1-33-28(38-18-19-10-11-20-8-4-5-9-21(20)16-19)24(17-31-33)27(34)22-12-13-23(29(35)37-2)26(25(22)30)32-39(36)14-6-3-7-15-39/h4-5,8-13,16-17H,3,6-7,14-15,18H2,1-2H3. The molecule has 2 heterocycles. The summed E-state index contributed by atoms with van der Waals surface area (Å²) in [6.45, 7) is 0.225. The minimum atomic E-state index is -2.62. The van der Waals surface area contributed by atoms with Crippen LogP contribution in [0, 0.1) is 0 Å². The third kappa shape index (κ3) is 5.55. The van der Waals surface area contributed by atoms with Crippen LogP contribution in [0.25, 0.3) is 10.8 Å². The molecule has 0 amide bonds. The number of carbonyl (C=O) groups excluding carboxylic acids is 2. The van der Waals surface area contributed by atoms with Gasteiger partial charge in [-0.15, -0.1) is 0 Å². The summed E-state index contributed by atoms with van der Waals surface area (Å²) in [6.07, 6.45) is 3.95. The maximum Gasteiger partial charge on any atom is 0.340 e. The third-order valence-electron chi connectivity index (χ3n) is 6.77. The van der Waals surface area contributed by atoms with Gasteiger partial charge in [-0.05, 0) is 47.4 Å². The highest BCUT2D eigenvalue weighted by Gasteiger charge is 2.27. The van der Waals surface area contributed by atoms with Gasteiger partial charge in [0.15, 0.2) is 0 Å². The molecule has 10 heteroatoms. The van der Waals surface area contributed by atoms with E-state index in [9.17, 15) is 13.8 Å². The van der Waals surface area contributed by atoms with Crippen molar-refractivity contribution in [2.24, 2.45) is 11.4 Å². The van der Waals surface area contributed by atoms with Gasteiger partial charge in [-0.1, -0.05) is 54.4 Å². The molecule has 0 atom stereocenters. The predicted molar refractivity (Wildman–Crippen MR) is 152 cm³/mol. The van der Waals surface area contributed by atoms with Gasteiger partial charge in [0.25, 0.3) is 0 Å². The van der Waals surface area contributed by atoms with E-state index in [2.05, 4.69) is 9.46 Å². The largest absolute Gasteiger partial charge is 0.472 e. The molecule has 1 aliphatic heterocycles. The molecule has 1 fully saturated rings. The molecule has 1 saturated heterocycles. The Balaban J connectivity index is 1.49. The Morgan fingerprint density at radius 2 is 1.72 bits per heavy atom. The number of fused-ring (bicyclic) bond motifs is 1. The Bertz CT molecular complexity index is 1690. The minimum Gasteiger partial charge on any atom is -0.472 e. The molecule has 0 N–H and O–H groups in total. The van der Waals surface area contributed by atoms with Gasteiger partial charge in [0.05, 0.1) is 33.6 Å². The molecule has 5 rings (SSSR count). The number of halogens is 1. The summed E-state index contributed by atoms with van der Waals surface area (Å²) in [5, 5.41) is 6.38. The summed E-state index contributed by atoms with van der Waals surface area (Å²) in [5.41, 5.74) is 1.32. The number of carbonyl (C=O) groups is 2. The Morgan fingerprint density at radius 1 is 1.00 bits per heavy atom. The first kappa shape index (κ1) is 26.9. The van der Waals surface area contributed by atoms with Crippen molar-refractivity contribution >= 4 is 49.5 Å². The Morgan fingerprint density at radius 3 is 2.46 bits per heavy atom. The zero-order chi connectivity index (χ0) is 27.6. The second-order valence-corrected chi connectivity index (χ2v) is 12.4. The first-order valence-electron chi connectivity index (χ1n) is 12.6. The highest BCUT2D eigenvalue weighted by Crippen LogP contribution is 2.37. The monoisotopic (exact) mass is 565 g/mol. The van der Waals surface area contributed by atoms with Gasteiger partial charge in [0.1, 0.15) is 17.9 Å². The lowest BCUT2D eigenvalue weighted by atomic mass is 10.0. The smallest absolute Gasteiger partial charge is 0.340 e. The maximum atomic E-state index is 13.7. The fraction of sp³-hybridized carbons (Fsp3) is 0.276. The van der Waals surface area contributed by atoms with Crippen LogP contribution in [0.1, 0.15) is 51.1 Å². The van der Waals surface area contributed by atoms with E-state index in [1.54, 1.807) is 7.05 Å². The van der Waals surface area contributed by atoms with Gasteiger partial charge in [0.2, 0.25) is 11.7 Å². The predicted octanol–water partition coefficient (Wildman–Crippen LogP) is 6.11. The van der Waals surface area contributed by atoms with Gasteiger partial charge in [-0.2, -0.15) is 9.46 Å². The lowest BCUT2D eigenvalue weighted by Crippen LogP contribution is -2.16. The van der Waals surface area contributed by atoms with Crippen LogP contribution in [0.4, 0.5) is 5.69 Å². The molecule has 1 aromatic heterocycles. The van der Waals surface area contributed by atoms with Gasteiger partial charge in [-0.3, -0.25) is 4.79 Å². The molecule has 0 radical (unpaired) electrons. The summed E-state index contributed by atoms with van der Waals surface area (Å²) >= 11 is 6.71. The van der Waals surface area contributed by atoms with E-state index < -0.39 is 21.5 Å². The molecule has 1 aliphatic rings. The molecular weight excluding hydrogens is 538 g/mol. The van der Waals surface area contributed by atoms with Crippen LogP contribution >= 0.6 is 11.6 Å². The molecule has 0 bridgehead atoms. The van der Waals surface area contributed by atoms with Crippen LogP contribution in [0.5, 0.6) is 5.88 Å². The van der Waals surface area contributed by atoms with Crippen molar-refractivity contribution in [3.63, 3.8) is 0 Å². The molecular formula is C29H28ClN3O5S. The SMILES string of the molecule is COC(=O)c1ccc(C(=O)c2cnn(C)c2OCc2ccc3ccccc3c2)c(Cl)c1N=S1(=O)CCCCC1. The zero-order valence-corrected chi connectivity index (χ0v) is 23.3. The maximum absolute atomic E-state index is 13.7. The van der Waals surface area contributed by atoms with Crippen LogP contribution < -0.4 is 4.74 Å². The number of hydrogen-bond acceptors (Lipinski definition) is 7. The Labute approximate surface area is 232 Å². The average Bonchev–Trinajstić information content (AvgIpc) is 3.32. The van der Waals surface area contributed by atoms with Crippen molar-refractivity contribution < 1.29 is 23.3 Å². The number of methoxy groups -OCH3 is 1. The van der Waals surface area contributed by atoms with E-state index in [-0.39, 0.29) is 39.9 Å². The highest BCUT2D eigenvalue weighted by atomic mass is 35.5. The normalized spacial score (nSPS) is 14.6. The molecule has 0 unspecified atom stereocenters. The summed E-state index contributed by atoms with van der Waals surface area (Å²) in [5.74, 6) is -0.0186. The van der Waals surface area contributed by atoms with E-state index in [1.807, 2.05) is 42.5 Å². The Hall–Kier alpha value is -3.69. The third-order valence-corrected chi connectivity index (χ3v) is 9.52. The van der Waals surface area contributed by atoms with E-state index in [0.717, 1.165) is 35.6 Å². The van der Waals surface area contributed by atoms with Crippen molar-refractivity contribution in [2.45, 2.75) is 25.9 Å². The second kappa shape index (κ2) is 11.2. The molecule has 39 heavy (non-hydrogen) atoms. The van der Waals surface area contributed by atoms with Gasteiger partial charge >= 0.3 is 5.97 Å². The van der Waals surface area contributed by atoms with Crippen LogP contribution in [0.15, 0.2) is 65.2 Å². The summed E-state index contributed by atoms with van der Waals surface area (Å²) in [4.78, 5) is 26.2. The number of benzene rings is 3. The van der Waals surface area contributed by atoms with E-state index in [4.69, 9.17) is 21.1 Å². The van der Waals surface area contributed by atoms with Crippen LogP contribution in [0.3, 0.4) is 0 Å². The fourth-order valence-corrected chi connectivity index (χ4v) is 7.24. The molecule has 0 saturated carbocycles. The van der Waals surface area contributed by atoms with Gasteiger partial charge in [0, 0.05) is 24.1 Å². The fourth-order valence-electron chi connectivity index (χ4n) is 4.67. The number of esters is 1. The van der Waals surface area contributed by atoms with Gasteiger partial charge < -0.3 is 9.47 Å². The number of aromatic nitrogens is 2. The van der Waals surface area contributed by atoms with Crippen molar-refractivity contribution in [3.8, 4) is 5.88 Å². The minimum absolute atomic E-state index is 0.0174. The van der Waals surface area contributed by atoms with Crippen LogP contribution in [0.2, 0.25) is 5.02 Å².